The number of ether oxygens (including phenoxy) is 1. The van der Waals surface area contributed by atoms with Crippen molar-refractivity contribution in [2.45, 2.75) is 19.4 Å². The molecule has 1 atom stereocenters. The maximum Gasteiger partial charge on any atom is 0.305 e. The lowest BCUT2D eigenvalue weighted by molar-refractivity contribution is -0.137. The molecule has 2 N–H and O–H groups in total. The summed E-state index contributed by atoms with van der Waals surface area (Å²) in [6.07, 6.45) is -0.352. The molecule has 0 fully saturated rings. The minimum Gasteiger partial charge on any atom is -0.494 e. The van der Waals surface area contributed by atoms with Crippen LogP contribution >= 0.6 is 11.6 Å². The molecule has 2 aromatic carbocycles. The van der Waals surface area contributed by atoms with E-state index >= 15 is 0 Å². The van der Waals surface area contributed by atoms with Crippen LogP contribution in [0.15, 0.2) is 54.6 Å². The van der Waals surface area contributed by atoms with Crippen molar-refractivity contribution in [1.82, 2.24) is 10.3 Å². The van der Waals surface area contributed by atoms with Crippen molar-refractivity contribution >= 4 is 23.5 Å². The third-order valence-corrected chi connectivity index (χ3v) is 5.06. The maximum atomic E-state index is 13.5. The van der Waals surface area contributed by atoms with Gasteiger partial charge in [0.25, 0.3) is 5.91 Å². The topological polar surface area (TPSA) is 88.5 Å². The Morgan fingerprint density at radius 1 is 1.19 bits per heavy atom. The number of nitrogens with zero attached hydrogens (tertiary/aromatic N) is 1. The number of aliphatic carboxylic acids is 1. The SMILES string of the molecule is COc1ccc(C(=O)NC(CC(=O)O)c2ccccc2Cl)nc1-c1ccc(F)cc1C. The standard InChI is InChI=1S/C23H20ClFN2O4/c1-13-11-14(25)7-8-15(13)22-20(31-2)10-9-18(26-22)23(30)27-19(12-21(28)29)16-5-3-4-6-17(16)24/h3-11,19H,12H2,1-2H3,(H,27,30)(H,28,29). The summed E-state index contributed by atoms with van der Waals surface area (Å²) in [6, 6.07) is 13.1. The van der Waals surface area contributed by atoms with Gasteiger partial charge in [-0.05, 0) is 54.4 Å². The van der Waals surface area contributed by atoms with Crippen molar-refractivity contribution in [3.63, 3.8) is 0 Å². The molecule has 8 heteroatoms. The molecule has 31 heavy (non-hydrogen) atoms. The quantitative estimate of drug-likeness (QED) is 0.548. The number of rotatable bonds is 7. The number of amides is 1. The zero-order chi connectivity index (χ0) is 22.5. The number of hydrogen-bond donors (Lipinski definition) is 2. The molecule has 160 valence electrons. The first kappa shape index (κ1) is 22.2. The molecule has 1 aromatic heterocycles. The summed E-state index contributed by atoms with van der Waals surface area (Å²) < 4.78 is 18.9. The molecule has 3 rings (SSSR count). The second-order valence-corrected chi connectivity index (χ2v) is 7.26. The van der Waals surface area contributed by atoms with Crippen LogP contribution < -0.4 is 10.1 Å². The van der Waals surface area contributed by atoms with Crippen LogP contribution in [0.1, 0.15) is 34.1 Å². The maximum absolute atomic E-state index is 13.5. The van der Waals surface area contributed by atoms with E-state index in [0.29, 0.717) is 33.2 Å². The van der Waals surface area contributed by atoms with Gasteiger partial charge in [0, 0.05) is 10.6 Å². The molecule has 0 radical (unpaired) electrons. The van der Waals surface area contributed by atoms with Crippen molar-refractivity contribution in [3.05, 3.63) is 82.3 Å². The molecule has 0 bridgehead atoms. The number of hydrogen-bond acceptors (Lipinski definition) is 4. The Kier molecular flexibility index (Phi) is 6.87. The highest BCUT2D eigenvalue weighted by molar-refractivity contribution is 6.31. The number of halogens is 2. The third-order valence-electron chi connectivity index (χ3n) is 4.72. The zero-order valence-corrected chi connectivity index (χ0v) is 17.6. The Bertz CT molecular complexity index is 1140. The lowest BCUT2D eigenvalue weighted by Crippen LogP contribution is -2.31. The number of methoxy groups -OCH3 is 1. The van der Waals surface area contributed by atoms with Gasteiger partial charge in [0.05, 0.1) is 19.6 Å². The van der Waals surface area contributed by atoms with Crippen molar-refractivity contribution in [2.75, 3.05) is 7.11 Å². The number of carboxylic acid groups (broad SMARTS) is 1. The zero-order valence-electron chi connectivity index (χ0n) is 16.9. The third kappa shape index (κ3) is 5.19. The first-order chi connectivity index (χ1) is 14.8. The van der Waals surface area contributed by atoms with Crippen LogP contribution in [0.2, 0.25) is 5.02 Å². The van der Waals surface area contributed by atoms with Gasteiger partial charge in [0.15, 0.2) is 0 Å². The van der Waals surface area contributed by atoms with Crippen molar-refractivity contribution in [2.24, 2.45) is 0 Å². The van der Waals surface area contributed by atoms with E-state index < -0.39 is 17.9 Å². The number of carbonyl (C=O) groups is 2. The van der Waals surface area contributed by atoms with Crippen LogP contribution in [0.4, 0.5) is 4.39 Å². The molecule has 0 aliphatic carbocycles. The Balaban J connectivity index is 1.97. The highest BCUT2D eigenvalue weighted by atomic mass is 35.5. The van der Waals surface area contributed by atoms with E-state index in [1.807, 2.05) is 0 Å². The largest absolute Gasteiger partial charge is 0.494 e. The fourth-order valence-corrected chi connectivity index (χ4v) is 3.49. The second-order valence-electron chi connectivity index (χ2n) is 6.85. The van der Waals surface area contributed by atoms with E-state index in [1.165, 1.54) is 25.3 Å². The Morgan fingerprint density at radius 3 is 2.58 bits per heavy atom. The number of carboxylic acids is 1. The molecule has 1 unspecified atom stereocenters. The van der Waals surface area contributed by atoms with Crippen LogP contribution in [0.5, 0.6) is 5.75 Å². The van der Waals surface area contributed by atoms with E-state index in [9.17, 15) is 19.1 Å². The van der Waals surface area contributed by atoms with Gasteiger partial charge in [0.2, 0.25) is 0 Å². The Hall–Kier alpha value is -3.45. The highest BCUT2D eigenvalue weighted by Gasteiger charge is 2.23. The molecule has 3 aromatic rings. The minimum atomic E-state index is -1.09. The number of pyridine rings is 1. The minimum absolute atomic E-state index is 0.0574. The smallest absolute Gasteiger partial charge is 0.305 e. The second kappa shape index (κ2) is 9.57. The number of nitrogens with one attached hydrogen (secondary N) is 1. The Labute approximate surface area is 183 Å². The van der Waals surface area contributed by atoms with Gasteiger partial charge in [-0.25, -0.2) is 9.37 Å². The van der Waals surface area contributed by atoms with Crippen molar-refractivity contribution in [3.8, 4) is 17.0 Å². The molecule has 1 amide bonds. The van der Waals surface area contributed by atoms with Crippen LogP contribution in [0.25, 0.3) is 11.3 Å². The van der Waals surface area contributed by atoms with Crippen molar-refractivity contribution < 1.29 is 23.8 Å². The summed E-state index contributed by atoms with van der Waals surface area (Å²) in [5.74, 6) is -1.63. The fraction of sp³-hybridized carbons (Fsp3) is 0.174. The molecule has 0 aliphatic rings. The van der Waals surface area contributed by atoms with Crippen LogP contribution in [0, 0.1) is 12.7 Å². The summed E-state index contributed by atoms with van der Waals surface area (Å²) >= 11 is 6.20. The van der Waals surface area contributed by atoms with E-state index in [0.717, 1.165) is 0 Å². The predicted octanol–water partition coefficient (Wildman–Crippen LogP) is 4.80. The van der Waals surface area contributed by atoms with Gasteiger partial charge in [-0.2, -0.15) is 0 Å². The van der Waals surface area contributed by atoms with Crippen LogP contribution in [-0.2, 0) is 4.79 Å². The number of benzene rings is 2. The lowest BCUT2D eigenvalue weighted by atomic mass is 10.0. The summed E-state index contributed by atoms with van der Waals surface area (Å²) in [7, 11) is 1.47. The number of carbonyl (C=O) groups excluding carboxylic acids is 1. The lowest BCUT2D eigenvalue weighted by Gasteiger charge is -2.19. The molecule has 0 saturated heterocycles. The van der Waals surface area contributed by atoms with Gasteiger partial charge in [-0.1, -0.05) is 29.8 Å². The molecular formula is C23H20ClFN2O4. The first-order valence-electron chi connectivity index (χ1n) is 9.38. The van der Waals surface area contributed by atoms with E-state index in [4.69, 9.17) is 16.3 Å². The van der Waals surface area contributed by atoms with Gasteiger partial charge < -0.3 is 15.2 Å². The summed E-state index contributed by atoms with van der Waals surface area (Å²) in [5, 5.41) is 12.3. The van der Waals surface area contributed by atoms with Gasteiger partial charge in [-0.3, -0.25) is 9.59 Å². The van der Waals surface area contributed by atoms with E-state index in [2.05, 4.69) is 10.3 Å². The first-order valence-corrected chi connectivity index (χ1v) is 9.76. The predicted molar refractivity (Wildman–Crippen MR) is 115 cm³/mol. The fourth-order valence-electron chi connectivity index (χ4n) is 3.23. The molecule has 6 nitrogen and oxygen atoms in total. The molecule has 0 saturated carbocycles. The normalized spacial score (nSPS) is 11.6. The highest BCUT2D eigenvalue weighted by Crippen LogP contribution is 2.31. The molecule has 1 heterocycles. The van der Waals surface area contributed by atoms with E-state index in [-0.39, 0.29) is 17.9 Å². The van der Waals surface area contributed by atoms with Gasteiger partial charge in [0.1, 0.15) is 23.0 Å². The number of aromatic nitrogens is 1. The monoisotopic (exact) mass is 442 g/mol. The van der Waals surface area contributed by atoms with Crippen LogP contribution in [-0.4, -0.2) is 29.1 Å². The average molecular weight is 443 g/mol. The van der Waals surface area contributed by atoms with Crippen LogP contribution in [0.3, 0.4) is 0 Å². The summed E-state index contributed by atoms with van der Waals surface area (Å²) in [6.45, 7) is 1.73. The van der Waals surface area contributed by atoms with Gasteiger partial charge >= 0.3 is 5.97 Å². The average Bonchev–Trinajstić information content (AvgIpc) is 2.73. The van der Waals surface area contributed by atoms with Gasteiger partial charge in [-0.15, -0.1) is 0 Å². The Morgan fingerprint density at radius 2 is 1.94 bits per heavy atom. The van der Waals surface area contributed by atoms with E-state index in [1.54, 1.807) is 43.3 Å². The molecular weight excluding hydrogens is 423 g/mol. The summed E-state index contributed by atoms with van der Waals surface area (Å²) in [5.41, 5.74) is 2.16. The number of aryl methyl sites for hydroxylation is 1. The molecule has 0 spiro atoms. The summed E-state index contributed by atoms with van der Waals surface area (Å²) in [4.78, 5) is 28.7. The van der Waals surface area contributed by atoms with Crippen molar-refractivity contribution in [1.29, 1.82) is 0 Å². The molecule has 0 aliphatic heterocycles.